The number of halogens is 2. The minimum atomic E-state index is -1.07. The Morgan fingerprint density at radius 2 is 2.08 bits per heavy atom. The van der Waals surface area contributed by atoms with Gasteiger partial charge in [0.1, 0.15) is 11.5 Å². The number of esters is 1. The maximum atomic E-state index is 13.0. The maximum Gasteiger partial charge on any atom is 0.312 e. The molecule has 1 N–H and O–H groups in total. The van der Waals surface area contributed by atoms with Crippen LogP contribution in [-0.2, 0) is 20.7 Å². The second-order valence-corrected chi connectivity index (χ2v) is 5.95. The first-order valence-corrected chi connectivity index (χ1v) is 8.10. The molecule has 0 saturated heterocycles. The van der Waals surface area contributed by atoms with Gasteiger partial charge in [-0.05, 0) is 37.3 Å². The Bertz CT molecular complexity index is 973. The monoisotopic (exact) mass is 376 g/mol. The molecule has 0 bridgehead atoms. The lowest BCUT2D eigenvalue weighted by Gasteiger charge is -2.14. The van der Waals surface area contributed by atoms with Gasteiger partial charge in [0.15, 0.2) is 11.7 Å². The van der Waals surface area contributed by atoms with Gasteiger partial charge in [-0.25, -0.2) is 4.39 Å². The van der Waals surface area contributed by atoms with Gasteiger partial charge in [-0.3, -0.25) is 9.59 Å². The van der Waals surface area contributed by atoms with Crippen molar-refractivity contribution >= 4 is 40.1 Å². The number of anilines is 1. The molecule has 0 radical (unpaired) electrons. The summed E-state index contributed by atoms with van der Waals surface area (Å²) in [5.74, 6) is -1.74. The van der Waals surface area contributed by atoms with E-state index in [2.05, 4.69) is 10.5 Å². The van der Waals surface area contributed by atoms with Gasteiger partial charge in [0.2, 0.25) is 0 Å². The van der Waals surface area contributed by atoms with Crippen molar-refractivity contribution in [3.63, 3.8) is 0 Å². The summed E-state index contributed by atoms with van der Waals surface area (Å²) in [6.45, 7) is 1.42. The van der Waals surface area contributed by atoms with Crippen LogP contribution in [0.25, 0.3) is 11.0 Å². The molecule has 0 spiro atoms. The van der Waals surface area contributed by atoms with Crippen LogP contribution in [0.3, 0.4) is 0 Å². The average Bonchev–Trinajstić information content (AvgIpc) is 3.00. The van der Waals surface area contributed by atoms with E-state index in [4.69, 9.17) is 20.9 Å². The number of aromatic nitrogens is 1. The number of benzene rings is 2. The maximum absolute atomic E-state index is 13.0. The van der Waals surface area contributed by atoms with Crippen LogP contribution in [0.1, 0.15) is 12.6 Å². The smallest absolute Gasteiger partial charge is 0.312 e. The van der Waals surface area contributed by atoms with Gasteiger partial charge in [0.05, 0.1) is 17.1 Å². The second-order valence-electron chi connectivity index (χ2n) is 5.55. The Hall–Kier alpha value is -2.93. The summed E-state index contributed by atoms with van der Waals surface area (Å²) in [5.41, 5.74) is 1.22. The molecule has 1 unspecified atom stereocenters. The molecule has 0 aliphatic heterocycles. The first-order valence-electron chi connectivity index (χ1n) is 7.72. The summed E-state index contributed by atoms with van der Waals surface area (Å²) >= 11 is 5.85. The zero-order chi connectivity index (χ0) is 18.7. The third-order valence-corrected chi connectivity index (χ3v) is 3.94. The van der Waals surface area contributed by atoms with Crippen LogP contribution < -0.4 is 5.32 Å². The minimum absolute atomic E-state index is 0.0472. The second kappa shape index (κ2) is 7.53. The molecule has 3 aromatic rings. The predicted molar refractivity (Wildman–Crippen MR) is 93.3 cm³/mol. The average molecular weight is 377 g/mol. The lowest BCUT2D eigenvalue weighted by Crippen LogP contribution is -2.30. The normalized spacial score (nSPS) is 12.0. The standard InChI is InChI=1S/C18H14ClFN2O4/c1-10(18(24)21-14-7-6-11(20)8-13(14)19)25-17(23)9-15-12-4-2-3-5-16(12)26-22-15/h2-8,10H,9H2,1H3,(H,21,24). The van der Waals surface area contributed by atoms with E-state index in [1.165, 1.54) is 13.0 Å². The van der Waals surface area contributed by atoms with Crippen LogP contribution in [-0.4, -0.2) is 23.1 Å². The summed E-state index contributed by atoms with van der Waals surface area (Å²) in [4.78, 5) is 24.2. The highest BCUT2D eigenvalue weighted by Gasteiger charge is 2.21. The number of amides is 1. The number of rotatable bonds is 5. The van der Waals surface area contributed by atoms with E-state index in [1.807, 2.05) is 0 Å². The highest BCUT2D eigenvalue weighted by molar-refractivity contribution is 6.33. The van der Waals surface area contributed by atoms with Crippen molar-refractivity contribution in [2.24, 2.45) is 0 Å². The molecule has 6 nitrogen and oxygen atoms in total. The molecule has 26 heavy (non-hydrogen) atoms. The number of nitrogens with zero attached hydrogens (tertiary/aromatic N) is 1. The van der Waals surface area contributed by atoms with Crippen molar-refractivity contribution < 1.29 is 23.2 Å². The van der Waals surface area contributed by atoms with E-state index >= 15 is 0 Å². The van der Waals surface area contributed by atoms with Crippen molar-refractivity contribution in [1.29, 1.82) is 0 Å². The lowest BCUT2D eigenvalue weighted by atomic mass is 10.2. The summed E-state index contributed by atoms with van der Waals surface area (Å²) in [6, 6.07) is 10.7. The molecule has 2 aromatic carbocycles. The zero-order valence-electron chi connectivity index (χ0n) is 13.7. The van der Waals surface area contributed by atoms with Crippen LogP contribution in [0.5, 0.6) is 0 Å². The van der Waals surface area contributed by atoms with Crippen LogP contribution in [0.15, 0.2) is 47.0 Å². The lowest BCUT2D eigenvalue weighted by molar-refractivity contribution is -0.152. The molecule has 1 atom stereocenters. The topological polar surface area (TPSA) is 81.4 Å². The molecule has 1 aromatic heterocycles. The van der Waals surface area contributed by atoms with Gasteiger partial charge in [0, 0.05) is 5.39 Å². The fourth-order valence-corrected chi connectivity index (χ4v) is 2.53. The fraction of sp³-hybridized carbons (Fsp3) is 0.167. The third-order valence-electron chi connectivity index (χ3n) is 3.63. The molecule has 0 aliphatic carbocycles. The van der Waals surface area contributed by atoms with Crippen molar-refractivity contribution in [2.75, 3.05) is 5.32 Å². The molecule has 1 amide bonds. The number of ether oxygens (including phenoxy) is 1. The minimum Gasteiger partial charge on any atom is -0.452 e. The molecule has 1 heterocycles. The van der Waals surface area contributed by atoms with Gasteiger partial charge in [-0.15, -0.1) is 0 Å². The highest BCUT2D eigenvalue weighted by atomic mass is 35.5. The third kappa shape index (κ3) is 4.00. The molecule has 3 rings (SSSR count). The Balaban J connectivity index is 1.60. The first-order chi connectivity index (χ1) is 12.4. The summed E-state index contributed by atoms with van der Waals surface area (Å²) in [7, 11) is 0. The van der Waals surface area contributed by atoms with E-state index in [9.17, 15) is 14.0 Å². The zero-order valence-corrected chi connectivity index (χ0v) is 14.4. The fourth-order valence-electron chi connectivity index (χ4n) is 2.32. The molecule has 0 saturated carbocycles. The Morgan fingerprint density at radius 1 is 1.31 bits per heavy atom. The van der Waals surface area contributed by atoms with Crippen LogP contribution in [0.4, 0.5) is 10.1 Å². The van der Waals surface area contributed by atoms with E-state index < -0.39 is 23.8 Å². The summed E-state index contributed by atoms with van der Waals surface area (Å²) in [6.07, 6.45) is -1.20. The molecule has 0 fully saturated rings. The van der Waals surface area contributed by atoms with Gasteiger partial charge in [-0.2, -0.15) is 0 Å². The number of para-hydroxylation sites is 1. The van der Waals surface area contributed by atoms with Crippen LogP contribution >= 0.6 is 11.6 Å². The Labute approximate surface area is 152 Å². The highest BCUT2D eigenvalue weighted by Crippen LogP contribution is 2.23. The van der Waals surface area contributed by atoms with E-state index in [0.29, 0.717) is 16.7 Å². The number of hydrogen-bond acceptors (Lipinski definition) is 5. The van der Waals surface area contributed by atoms with Crippen molar-refractivity contribution in [3.05, 3.63) is 59.0 Å². The molecular weight excluding hydrogens is 363 g/mol. The molecular formula is C18H14ClFN2O4. The van der Waals surface area contributed by atoms with E-state index in [1.54, 1.807) is 24.3 Å². The number of nitrogens with one attached hydrogen (secondary N) is 1. The van der Waals surface area contributed by atoms with Gasteiger partial charge in [-0.1, -0.05) is 28.9 Å². The van der Waals surface area contributed by atoms with Crippen molar-refractivity contribution in [3.8, 4) is 0 Å². The molecule has 8 heteroatoms. The predicted octanol–water partition coefficient (Wildman–Crippen LogP) is 3.73. The number of fused-ring (bicyclic) bond motifs is 1. The van der Waals surface area contributed by atoms with Crippen molar-refractivity contribution in [2.45, 2.75) is 19.4 Å². The Kier molecular flexibility index (Phi) is 5.18. The molecule has 0 aliphatic rings. The molecule has 134 valence electrons. The largest absolute Gasteiger partial charge is 0.452 e. The number of carbonyl (C=O) groups is 2. The van der Waals surface area contributed by atoms with Crippen LogP contribution in [0.2, 0.25) is 5.02 Å². The number of hydrogen-bond donors (Lipinski definition) is 1. The van der Waals surface area contributed by atoms with Crippen LogP contribution in [0, 0.1) is 5.82 Å². The quantitative estimate of drug-likeness (QED) is 0.686. The summed E-state index contributed by atoms with van der Waals surface area (Å²) in [5, 5.41) is 7.08. The van der Waals surface area contributed by atoms with Crippen molar-refractivity contribution in [1.82, 2.24) is 5.16 Å². The SMILES string of the molecule is CC(OC(=O)Cc1noc2ccccc12)C(=O)Nc1ccc(F)cc1Cl. The van der Waals surface area contributed by atoms with E-state index in [-0.39, 0.29) is 17.1 Å². The van der Waals surface area contributed by atoms with E-state index in [0.717, 1.165) is 12.1 Å². The first kappa shape index (κ1) is 17.9. The van der Waals surface area contributed by atoms with Gasteiger partial charge in [0.25, 0.3) is 5.91 Å². The van der Waals surface area contributed by atoms with Gasteiger partial charge < -0.3 is 14.6 Å². The summed E-state index contributed by atoms with van der Waals surface area (Å²) < 4.78 is 23.3. The number of carbonyl (C=O) groups excluding carboxylic acids is 2. The Morgan fingerprint density at radius 3 is 2.85 bits per heavy atom. The van der Waals surface area contributed by atoms with Gasteiger partial charge >= 0.3 is 5.97 Å².